The van der Waals surface area contributed by atoms with Crippen molar-refractivity contribution in [3.05, 3.63) is 26.6 Å². The average Bonchev–Trinajstić information content (AvgIpc) is 3.08. The molecule has 0 radical (unpaired) electrons. The van der Waals surface area contributed by atoms with Crippen LogP contribution in [0.2, 0.25) is 0 Å². The van der Waals surface area contributed by atoms with Gasteiger partial charge in [0.15, 0.2) is 0 Å². The molecule has 1 aliphatic carbocycles. The molecule has 3 rings (SSSR count). The number of fused-ring (bicyclic) bond motifs is 3. The fourth-order valence-corrected chi connectivity index (χ4v) is 5.29. The lowest BCUT2D eigenvalue weighted by Gasteiger charge is -2.23. The van der Waals surface area contributed by atoms with Gasteiger partial charge < -0.3 is 4.90 Å². The normalized spacial score (nSPS) is 13.9. The van der Waals surface area contributed by atoms with Gasteiger partial charge in [0.1, 0.15) is 17.2 Å². The van der Waals surface area contributed by atoms with Crippen molar-refractivity contribution in [1.82, 2.24) is 19.4 Å². The Morgan fingerprint density at radius 2 is 1.75 bits per heavy atom. The predicted molar refractivity (Wildman–Crippen MR) is 115 cm³/mol. The molecule has 154 valence electrons. The Kier molecular flexibility index (Phi) is 6.88. The number of carbonyl (C=O) groups is 1. The van der Waals surface area contributed by atoms with Crippen molar-refractivity contribution in [2.24, 2.45) is 0 Å². The van der Waals surface area contributed by atoms with E-state index in [1.165, 1.54) is 16.9 Å². The number of carbonyl (C=O) groups excluding carboxylic acids is 1. The molecule has 7 heteroatoms. The Morgan fingerprint density at radius 1 is 1.07 bits per heavy atom. The summed E-state index contributed by atoms with van der Waals surface area (Å²) in [6.07, 6.45) is 4.30. The minimum Gasteiger partial charge on any atom is -0.342 e. The van der Waals surface area contributed by atoms with Crippen molar-refractivity contribution in [2.75, 3.05) is 26.2 Å². The number of likely N-dealkylation sites (N-methyl/N-ethyl adjacent to an activating group) is 1. The molecule has 0 saturated carbocycles. The molecule has 0 bridgehead atoms. The molecule has 2 aromatic rings. The monoisotopic (exact) mass is 404 g/mol. The molecule has 2 aromatic heterocycles. The SMILES string of the molecule is CCN(CC)Cc1nc2sc3c(c2c(=O)n1CC(=O)N(CC)CC)CCCC3. The Balaban J connectivity index is 2.12. The molecule has 0 unspecified atom stereocenters. The fraction of sp³-hybridized carbons (Fsp3) is 0.667. The molecule has 0 fully saturated rings. The van der Waals surface area contributed by atoms with E-state index < -0.39 is 0 Å². The number of hydrogen-bond donors (Lipinski definition) is 0. The Bertz CT molecular complexity index is 894. The van der Waals surface area contributed by atoms with Gasteiger partial charge in [-0.2, -0.15) is 0 Å². The largest absolute Gasteiger partial charge is 0.342 e. The van der Waals surface area contributed by atoms with Gasteiger partial charge >= 0.3 is 0 Å². The van der Waals surface area contributed by atoms with E-state index >= 15 is 0 Å². The average molecular weight is 405 g/mol. The van der Waals surface area contributed by atoms with Crippen LogP contribution in [0.25, 0.3) is 10.2 Å². The molecule has 1 aliphatic rings. The Hall–Kier alpha value is -1.73. The summed E-state index contributed by atoms with van der Waals surface area (Å²) in [4.78, 5) is 37.4. The smallest absolute Gasteiger partial charge is 0.263 e. The molecule has 0 atom stereocenters. The van der Waals surface area contributed by atoms with Crippen molar-refractivity contribution in [3.8, 4) is 0 Å². The highest BCUT2D eigenvalue weighted by molar-refractivity contribution is 7.18. The van der Waals surface area contributed by atoms with Crippen molar-refractivity contribution in [2.45, 2.75) is 66.5 Å². The van der Waals surface area contributed by atoms with E-state index in [1.54, 1.807) is 20.8 Å². The minimum absolute atomic E-state index is 0.0156. The topological polar surface area (TPSA) is 58.4 Å². The van der Waals surface area contributed by atoms with Crippen LogP contribution in [0, 0.1) is 0 Å². The summed E-state index contributed by atoms with van der Waals surface area (Å²) in [7, 11) is 0. The first-order chi connectivity index (χ1) is 13.5. The van der Waals surface area contributed by atoms with Crippen LogP contribution >= 0.6 is 11.3 Å². The van der Waals surface area contributed by atoms with Gasteiger partial charge in [-0.15, -0.1) is 11.3 Å². The van der Waals surface area contributed by atoms with Crippen LogP contribution in [0.1, 0.15) is 56.8 Å². The van der Waals surface area contributed by atoms with Crippen LogP contribution in [0.4, 0.5) is 0 Å². The van der Waals surface area contributed by atoms with Crippen molar-refractivity contribution >= 4 is 27.5 Å². The van der Waals surface area contributed by atoms with Crippen molar-refractivity contribution in [1.29, 1.82) is 0 Å². The van der Waals surface area contributed by atoms with Crippen LogP contribution in [-0.2, 0) is 30.7 Å². The van der Waals surface area contributed by atoms with Crippen LogP contribution in [0.5, 0.6) is 0 Å². The Labute approximate surface area is 171 Å². The lowest BCUT2D eigenvalue weighted by molar-refractivity contribution is -0.131. The molecular weight excluding hydrogens is 372 g/mol. The van der Waals surface area contributed by atoms with Gasteiger partial charge in [-0.25, -0.2) is 4.98 Å². The third-order valence-corrected chi connectivity index (χ3v) is 7.01. The number of aromatic nitrogens is 2. The van der Waals surface area contributed by atoms with Gasteiger partial charge in [0.2, 0.25) is 5.91 Å². The zero-order valence-electron chi connectivity index (χ0n) is 17.6. The van der Waals surface area contributed by atoms with E-state index in [4.69, 9.17) is 4.98 Å². The lowest BCUT2D eigenvalue weighted by Crippen LogP contribution is -2.39. The molecule has 0 aromatic carbocycles. The summed E-state index contributed by atoms with van der Waals surface area (Å²) in [5, 5.41) is 0.760. The molecule has 6 nitrogen and oxygen atoms in total. The van der Waals surface area contributed by atoms with E-state index in [0.717, 1.165) is 42.6 Å². The highest BCUT2D eigenvalue weighted by Crippen LogP contribution is 2.33. The summed E-state index contributed by atoms with van der Waals surface area (Å²) >= 11 is 1.67. The number of nitrogens with zero attached hydrogens (tertiary/aromatic N) is 4. The minimum atomic E-state index is -0.0351. The van der Waals surface area contributed by atoms with Gasteiger partial charge in [0.05, 0.1) is 11.9 Å². The molecule has 0 saturated heterocycles. The van der Waals surface area contributed by atoms with E-state index in [1.807, 2.05) is 13.8 Å². The highest BCUT2D eigenvalue weighted by atomic mass is 32.1. The molecule has 1 amide bonds. The van der Waals surface area contributed by atoms with Gasteiger partial charge in [0.25, 0.3) is 5.56 Å². The van der Waals surface area contributed by atoms with Gasteiger partial charge in [-0.1, -0.05) is 13.8 Å². The second-order valence-electron chi connectivity index (χ2n) is 7.34. The summed E-state index contributed by atoms with van der Waals surface area (Å²) in [5.74, 6) is 0.693. The van der Waals surface area contributed by atoms with Gasteiger partial charge in [-0.05, 0) is 58.2 Å². The van der Waals surface area contributed by atoms with Gasteiger partial charge in [-0.3, -0.25) is 19.1 Å². The number of rotatable bonds is 8. The highest BCUT2D eigenvalue weighted by Gasteiger charge is 2.24. The number of amides is 1. The maximum atomic E-state index is 13.5. The van der Waals surface area contributed by atoms with Gasteiger partial charge in [0, 0.05) is 18.0 Å². The quantitative estimate of drug-likeness (QED) is 0.679. The van der Waals surface area contributed by atoms with Crippen LogP contribution in [-0.4, -0.2) is 51.4 Å². The van der Waals surface area contributed by atoms with E-state index in [0.29, 0.717) is 25.5 Å². The second-order valence-corrected chi connectivity index (χ2v) is 8.42. The van der Waals surface area contributed by atoms with Crippen molar-refractivity contribution in [3.63, 3.8) is 0 Å². The van der Waals surface area contributed by atoms with Crippen LogP contribution in [0.15, 0.2) is 4.79 Å². The maximum Gasteiger partial charge on any atom is 0.263 e. The summed E-state index contributed by atoms with van der Waals surface area (Å²) in [5.41, 5.74) is 1.15. The summed E-state index contributed by atoms with van der Waals surface area (Å²) < 4.78 is 1.64. The first-order valence-corrected chi connectivity index (χ1v) is 11.4. The van der Waals surface area contributed by atoms with E-state index in [2.05, 4.69) is 18.7 Å². The molecule has 0 aliphatic heterocycles. The molecular formula is C21H32N4O2S. The lowest BCUT2D eigenvalue weighted by atomic mass is 9.97. The standard InChI is InChI=1S/C21H32N4O2S/c1-5-23(6-2)13-17-22-20-19(15-11-9-10-12-16(15)28-20)21(27)25(17)14-18(26)24(7-3)8-4/h5-14H2,1-4H3. The molecule has 0 spiro atoms. The number of thiophene rings is 1. The zero-order valence-corrected chi connectivity index (χ0v) is 18.4. The van der Waals surface area contributed by atoms with Crippen LogP contribution < -0.4 is 5.56 Å². The maximum absolute atomic E-state index is 13.5. The summed E-state index contributed by atoms with van der Waals surface area (Å²) in [6.45, 7) is 11.9. The van der Waals surface area contributed by atoms with E-state index in [9.17, 15) is 9.59 Å². The molecule has 28 heavy (non-hydrogen) atoms. The number of aryl methyl sites for hydroxylation is 2. The number of hydrogen-bond acceptors (Lipinski definition) is 5. The predicted octanol–water partition coefficient (Wildman–Crippen LogP) is 3.05. The molecule has 2 heterocycles. The third-order valence-electron chi connectivity index (χ3n) is 5.82. The Morgan fingerprint density at radius 3 is 2.39 bits per heavy atom. The zero-order chi connectivity index (χ0) is 20.3. The van der Waals surface area contributed by atoms with E-state index in [-0.39, 0.29) is 18.0 Å². The molecule has 0 N–H and O–H groups in total. The second kappa shape index (κ2) is 9.18. The fourth-order valence-electron chi connectivity index (χ4n) is 4.02. The van der Waals surface area contributed by atoms with Crippen LogP contribution in [0.3, 0.4) is 0 Å². The third kappa shape index (κ3) is 4.01. The van der Waals surface area contributed by atoms with Crippen molar-refractivity contribution < 1.29 is 4.79 Å². The first kappa shape index (κ1) is 21.0. The summed E-state index contributed by atoms with van der Waals surface area (Å²) in [6, 6.07) is 0. The first-order valence-electron chi connectivity index (χ1n) is 10.6.